The second kappa shape index (κ2) is 4.67. The number of benzene rings is 1. The van der Waals surface area contributed by atoms with Crippen molar-refractivity contribution >= 4 is 0 Å². The zero-order valence-corrected chi connectivity index (χ0v) is 10.1. The van der Waals surface area contributed by atoms with Gasteiger partial charge in [-0.1, -0.05) is 17.7 Å². The number of rotatable bonds is 4. The van der Waals surface area contributed by atoms with Crippen LogP contribution < -0.4 is 10.5 Å². The Balaban J connectivity index is 2.96. The molecule has 0 unspecified atom stereocenters. The van der Waals surface area contributed by atoms with Crippen LogP contribution in [0.25, 0.3) is 0 Å². The molecule has 15 heavy (non-hydrogen) atoms. The van der Waals surface area contributed by atoms with Gasteiger partial charge in [0.05, 0.1) is 6.61 Å². The highest BCUT2D eigenvalue weighted by molar-refractivity contribution is 5.37. The zero-order valence-electron chi connectivity index (χ0n) is 10.1. The van der Waals surface area contributed by atoms with E-state index in [9.17, 15) is 0 Å². The molecule has 0 heterocycles. The topological polar surface area (TPSA) is 35.2 Å². The summed E-state index contributed by atoms with van der Waals surface area (Å²) in [5, 5.41) is 0. The summed E-state index contributed by atoms with van der Waals surface area (Å²) in [7, 11) is 0. The molecule has 84 valence electrons. The second-order valence-electron chi connectivity index (χ2n) is 4.71. The van der Waals surface area contributed by atoms with Crippen molar-refractivity contribution in [2.45, 2.75) is 39.7 Å². The summed E-state index contributed by atoms with van der Waals surface area (Å²) in [6, 6.07) is 6.25. The zero-order chi connectivity index (χ0) is 11.5. The van der Waals surface area contributed by atoms with Crippen LogP contribution in [-0.4, -0.2) is 12.1 Å². The van der Waals surface area contributed by atoms with E-state index >= 15 is 0 Å². The molecule has 0 aliphatic heterocycles. The van der Waals surface area contributed by atoms with Crippen molar-refractivity contribution in [1.29, 1.82) is 0 Å². The Bertz CT molecular complexity index is 326. The van der Waals surface area contributed by atoms with E-state index in [4.69, 9.17) is 10.5 Å². The molecule has 0 radical (unpaired) electrons. The predicted molar refractivity (Wildman–Crippen MR) is 64.3 cm³/mol. The molecular weight excluding hydrogens is 186 g/mol. The van der Waals surface area contributed by atoms with Crippen LogP contribution in [0.3, 0.4) is 0 Å². The molecule has 0 saturated carbocycles. The summed E-state index contributed by atoms with van der Waals surface area (Å²) >= 11 is 0. The van der Waals surface area contributed by atoms with E-state index < -0.39 is 0 Å². The van der Waals surface area contributed by atoms with Crippen LogP contribution in [0.5, 0.6) is 5.75 Å². The van der Waals surface area contributed by atoms with E-state index in [2.05, 4.69) is 19.1 Å². The lowest BCUT2D eigenvalue weighted by Gasteiger charge is -2.20. The van der Waals surface area contributed by atoms with Gasteiger partial charge in [-0.25, -0.2) is 0 Å². The maximum absolute atomic E-state index is 6.03. The molecule has 0 spiro atoms. The SMILES string of the molecule is CCOc1ccc(C)cc1CC(C)(C)N. The molecule has 2 heteroatoms. The van der Waals surface area contributed by atoms with Crippen LogP contribution in [0.1, 0.15) is 31.9 Å². The molecule has 0 aliphatic carbocycles. The van der Waals surface area contributed by atoms with E-state index in [0.29, 0.717) is 6.61 Å². The Morgan fingerprint density at radius 2 is 2.00 bits per heavy atom. The average molecular weight is 207 g/mol. The van der Waals surface area contributed by atoms with E-state index in [1.54, 1.807) is 0 Å². The molecule has 1 aromatic rings. The van der Waals surface area contributed by atoms with Crippen LogP contribution in [-0.2, 0) is 6.42 Å². The first-order valence-corrected chi connectivity index (χ1v) is 5.43. The van der Waals surface area contributed by atoms with Gasteiger partial charge >= 0.3 is 0 Å². The number of ether oxygens (including phenoxy) is 1. The standard InChI is InChI=1S/C13H21NO/c1-5-15-12-7-6-10(2)8-11(12)9-13(3,4)14/h6-8H,5,9,14H2,1-4H3. The second-order valence-corrected chi connectivity index (χ2v) is 4.71. The highest BCUT2D eigenvalue weighted by Crippen LogP contribution is 2.23. The Labute approximate surface area is 92.4 Å². The van der Waals surface area contributed by atoms with Gasteiger partial charge in [-0.3, -0.25) is 0 Å². The van der Waals surface area contributed by atoms with Gasteiger partial charge in [-0.15, -0.1) is 0 Å². The van der Waals surface area contributed by atoms with Crippen LogP contribution >= 0.6 is 0 Å². The first-order valence-electron chi connectivity index (χ1n) is 5.43. The smallest absolute Gasteiger partial charge is 0.122 e. The molecular formula is C13H21NO. The summed E-state index contributed by atoms with van der Waals surface area (Å²) in [5.41, 5.74) is 8.28. The van der Waals surface area contributed by atoms with Crippen LogP contribution in [0.2, 0.25) is 0 Å². The largest absolute Gasteiger partial charge is 0.494 e. The van der Waals surface area contributed by atoms with Gasteiger partial charge in [0.1, 0.15) is 5.75 Å². The minimum Gasteiger partial charge on any atom is -0.494 e. The molecule has 1 aromatic carbocycles. The average Bonchev–Trinajstić information content (AvgIpc) is 2.07. The van der Waals surface area contributed by atoms with Crippen LogP contribution in [0, 0.1) is 6.92 Å². The van der Waals surface area contributed by atoms with Crippen molar-refractivity contribution in [3.05, 3.63) is 29.3 Å². The molecule has 2 nitrogen and oxygen atoms in total. The minimum atomic E-state index is -0.195. The molecule has 1 rings (SSSR count). The predicted octanol–water partition coefficient (Wildman–Crippen LogP) is 2.67. The monoisotopic (exact) mass is 207 g/mol. The van der Waals surface area contributed by atoms with Crippen molar-refractivity contribution in [3.8, 4) is 5.75 Å². The van der Waals surface area contributed by atoms with E-state index in [0.717, 1.165) is 12.2 Å². The lowest BCUT2D eigenvalue weighted by molar-refractivity contribution is 0.333. The Morgan fingerprint density at radius 1 is 1.33 bits per heavy atom. The third-order valence-corrected chi connectivity index (χ3v) is 2.16. The molecule has 2 N–H and O–H groups in total. The fourth-order valence-corrected chi connectivity index (χ4v) is 1.63. The number of hydrogen-bond donors (Lipinski definition) is 1. The van der Waals surface area contributed by atoms with Gasteiger partial charge in [0.15, 0.2) is 0 Å². The van der Waals surface area contributed by atoms with Gasteiger partial charge in [0.25, 0.3) is 0 Å². The highest BCUT2D eigenvalue weighted by Gasteiger charge is 2.15. The van der Waals surface area contributed by atoms with Crippen molar-refractivity contribution in [2.75, 3.05) is 6.61 Å². The van der Waals surface area contributed by atoms with Gasteiger partial charge < -0.3 is 10.5 Å². The van der Waals surface area contributed by atoms with Gasteiger partial charge in [0, 0.05) is 5.54 Å². The van der Waals surface area contributed by atoms with Crippen molar-refractivity contribution in [3.63, 3.8) is 0 Å². The summed E-state index contributed by atoms with van der Waals surface area (Å²) in [4.78, 5) is 0. The summed E-state index contributed by atoms with van der Waals surface area (Å²) < 4.78 is 5.58. The van der Waals surface area contributed by atoms with E-state index in [1.165, 1.54) is 11.1 Å². The first-order chi connectivity index (χ1) is 6.92. The van der Waals surface area contributed by atoms with Gasteiger partial charge in [-0.2, -0.15) is 0 Å². The fraction of sp³-hybridized carbons (Fsp3) is 0.538. The molecule has 0 atom stereocenters. The maximum Gasteiger partial charge on any atom is 0.122 e. The van der Waals surface area contributed by atoms with Crippen molar-refractivity contribution in [2.24, 2.45) is 5.73 Å². The first kappa shape index (κ1) is 12.1. The van der Waals surface area contributed by atoms with Crippen molar-refractivity contribution in [1.82, 2.24) is 0 Å². The number of aryl methyl sites for hydroxylation is 1. The lowest BCUT2D eigenvalue weighted by Crippen LogP contribution is -2.34. The van der Waals surface area contributed by atoms with Crippen molar-refractivity contribution < 1.29 is 4.74 Å². The summed E-state index contributed by atoms with van der Waals surface area (Å²) in [5.74, 6) is 0.960. The Kier molecular flexibility index (Phi) is 3.75. The van der Waals surface area contributed by atoms with Crippen LogP contribution in [0.4, 0.5) is 0 Å². The highest BCUT2D eigenvalue weighted by atomic mass is 16.5. The molecule has 0 amide bonds. The maximum atomic E-state index is 6.03. The lowest BCUT2D eigenvalue weighted by atomic mass is 9.94. The van der Waals surface area contributed by atoms with Gasteiger partial charge in [-0.05, 0) is 45.7 Å². The Hall–Kier alpha value is -1.02. The third-order valence-electron chi connectivity index (χ3n) is 2.16. The minimum absolute atomic E-state index is 0.195. The van der Waals surface area contributed by atoms with Gasteiger partial charge in [0.2, 0.25) is 0 Å². The molecule has 0 aromatic heterocycles. The number of hydrogen-bond acceptors (Lipinski definition) is 2. The normalized spacial score (nSPS) is 11.5. The molecule has 0 saturated heterocycles. The summed E-state index contributed by atoms with van der Waals surface area (Å²) in [6.07, 6.45) is 0.837. The fourth-order valence-electron chi connectivity index (χ4n) is 1.63. The van der Waals surface area contributed by atoms with E-state index in [-0.39, 0.29) is 5.54 Å². The Morgan fingerprint density at radius 3 is 2.53 bits per heavy atom. The number of nitrogens with two attached hydrogens (primary N) is 1. The molecule has 0 fully saturated rings. The van der Waals surface area contributed by atoms with Crippen LogP contribution in [0.15, 0.2) is 18.2 Å². The summed E-state index contributed by atoms with van der Waals surface area (Å²) in [6.45, 7) is 8.84. The third kappa shape index (κ3) is 3.92. The molecule has 0 bridgehead atoms. The van der Waals surface area contributed by atoms with E-state index in [1.807, 2.05) is 26.8 Å². The quantitative estimate of drug-likeness (QED) is 0.823. The molecule has 0 aliphatic rings.